The van der Waals surface area contributed by atoms with Gasteiger partial charge in [0, 0.05) is 0 Å². The normalized spacial score (nSPS) is 11.2. The molecule has 0 aliphatic rings. The summed E-state index contributed by atoms with van der Waals surface area (Å²) in [5.74, 6) is 0. The van der Waals surface area contributed by atoms with Crippen LogP contribution in [0.4, 0.5) is 0 Å². The third-order valence-corrected chi connectivity index (χ3v) is 10.5. The van der Waals surface area contributed by atoms with Crippen molar-refractivity contribution >= 4 is 29.9 Å². The molecule has 0 rings (SSSR count). The van der Waals surface area contributed by atoms with Gasteiger partial charge in [0.2, 0.25) is 0 Å². The predicted octanol–water partition coefficient (Wildman–Crippen LogP) is 4.77. The van der Waals surface area contributed by atoms with Crippen LogP contribution in [0, 0.1) is 0 Å². The van der Waals surface area contributed by atoms with Gasteiger partial charge in [0.05, 0.1) is 0 Å². The van der Waals surface area contributed by atoms with Crippen molar-refractivity contribution in [1.82, 2.24) is 0 Å². The second-order valence-electron chi connectivity index (χ2n) is 4.02. The van der Waals surface area contributed by atoms with Crippen molar-refractivity contribution in [2.24, 2.45) is 0 Å². The molecular weight excluding hydrogens is 314 g/mol. The first-order valence-corrected chi connectivity index (χ1v) is 11.0. The van der Waals surface area contributed by atoms with Gasteiger partial charge in [-0.15, -0.1) is 0 Å². The van der Waals surface area contributed by atoms with Gasteiger partial charge in [-0.3, -0.25) is 0 Å². The van der Waals surface area contributed by atoms with Crippen LogP contribution in [0.2, 0.25) is 14.4 Å². The summed E-state index contributed by atoms with van der Waals surface area (Å²) in [4.78, 5) is 0. The van der Waals surface area contributed by atoms with Gasteiger partial charge in [-0.2, -0.15) is 0 Å². The van der Waals surface area contributed by atoms with Crippen molar-refractivity contribution in [2.75, 3.05) is 0 Å². The predicted molar refractivity (Wildman–Crippen MR) is 74.2 cm³/mol. The maximum absolute atomic E-state index is 2.34. The third-order valence-electron chi connectivity index (χ3n) is 2.31. The molecule has 0 atom stereocenters. The number of hydrogen-bond acceptors (Lipinski definition) is 0. The molecule has 0 saturated carbocycles. The molecule has 0 amide bonds. The second kappa shape index (κ2) is 13.1. The fourth-order valence-electron chi connectivity index (χ4n) is 1.45. The average molecular weight is 342 g/mol. The second-order valence-corrected chi connectivity index (χ2v) is 11.0. The molecule has 0 bridgehead atoms. The van der Waals surface area contributed by atoms with Crippen LogP contribution >= 0.6 is 0 Å². The van der Waals surface area contributed by atoms with Gasteiger partial charge >= 0.3 is 110 Å². The Morgan fingerprint density at radius 1 is 0.733 bits per heavy atom. The first-order valence-electron chi connectivity index (χ1n) is 6.58. The molecular formula is C13H28Se2. The van der Waals surface area contributed by atoms with E-state index in [0.717, 1.165) is 29.9 Å². The summed E-state index contributed by atoms with van der Waals surface area (Å²) in [6, 6.07) is 0. The van der Waals surface area contributed by atoms with E-state index in [9.17, 15) is 0 Å². The summed E-state index contributed by atoms with van der Waals surface area (Å²) in [5, 5.41) is 3.05. The van der Waals surface area contributed by atoms with E-state index in [1.54, 1.807) is 6.42 Å². The topological polar surface area (TPSA) is 0 Å². The zero-order chi connectivity index (χ0) is 11.4. The van der Waals surface area contributed by atoms with Crippen molar-refractivity contribution in [3.8, 4) is 0 Å². The van der Waals surface area contributed by atoms with Crippen molar-refractivity contribution < 1.29 is 0 Å². The molecule has 0 aromatic carbocycles. The first kappa shape index (κ1) is 16.0. The fraction of sp³-hybridized carbons (Fsp3) is 1.00. The summed E-state index contributed by atoms with van der Waals surface area (Å²) in [5.41, 5.74) is 0. The Bertz CT molecular complexity index is 107. The number of hydrogen-bond donors (Lipinski definition) is 0. The molecule has 0 spiro atoms. The first-order chi connectivity index (χ1) is 7.35. The van der Waals surface area contributed by atoms with E-state index in [-0.39, 0.29) is 0 Å². The van der Waals surface area contributed by atoms with Crippen LogP contribution in [0.25, 0.3) is 0 Å². The van der Waals surface area contributed by atoms with Gasteiger partial charge in [0.1, 0.15) is 0 Å². The maximum atomic E-state index is 2.34. The van der Waals surface area contributed by atoms with E-state index >= 15 is 0 Å². The van der Waals surface area contributed by atoms with Crippen LogP contribution in [-0.2, 0) is 0 Å². The molecule has 0 aromatic heterocycles. The van der Waals surface area contributed by atoms with Gasteiger partial charge in [-0.1, -0.05) is 0 Å². The molecule has 0 fully saturated rings. The molecule has 0 heterocycles. The van der Waals surface area contributed by atoms with Crippen LogP contribution < -0.4 is 0 Å². The summed E-state index contributed by atoms with van der Waals surface area (Å²) in [6.45, 7) is 6.98. The number of rotatable bonds is 11. The minimum absolute atomic E-state index is 0.968. The summed E-state index contributed by atoms with van der Waals surface area (Å²) in [7, 11) is 0. The molecule has 0 radical (unpaired) electrons. The minimum atomic E-state index is 0.968. The monoisotopic (exact) mass is 344 g/mol. The van der Waals surface area contributed by atoms with Crippen LogP contribution in [-0.4, -0.2) is 29.9 Å². The standard InChI is InChI=1S/C13H28Se2/c1-4-7-8-9-10-13(14-11-5-2)15-12-6-3/h13H,4-12H2,1-3H3. The van der Waals surface area contributed by atoms with E-state index in [1.807, 2.05) is 0 Å². The summed E-state index contributed by atoms with van der Waals surface area (Å²) in [6.07, 6.45) is 10.2. The van der Waals surface area contributed by atoms with E-state index in [4.69, 9.17) is 0 Å². The Morgan fingerprint density at radius 2 is 1.33 bits per heavy atom. The number of unbranched alkanes of at least 4 members (excludes halogenated alkanes) is 3. The van der Waals surface area contributed by atoms with Crippen molar-refractivity contribution in [1.29, 1.82) is 0 Å². The summed E-state index contributed by atoms with van der Waals surface area (Å²) < 4.78 is 1.17. The third kappa shape index (κ3) is 11.3. The van der Waals surface area contributed by atoms with Gasteiger partial charge in [0.15, 0.2) is 0 Å². The van der Waals surface area contributed by atoms with E-state index in [2.05, 4.69) is 20.8 Å². The van der Waals surface area contributed by atoms with Crippen LogP contribution in [0.5, 0.6) is 0 Å². The molecule has 0 unspecified atom stereocenters. The molecule has 0 aliphatic heterocycles. The Hall–Kier alpha value is 1.04. The molecule has 0 nitrogen and oxygen atoms in total. The zero-order valence-corrected chi connectivity index (χ0v) is 14.2. The van der Waals surface area contributed by atoms with Crippen LogP contribution in [0.1, 0.15) is 65.7 Å². The van der Waals surface area contributed by atoms with E-state index < -0.39 is 0 Å². The Balaban J connectivity index is 3.49. The molecule has 2 heteroatoms. The molecule has 0 N–H and O–H groups in total. The van der Waals surface area contributed by atoms with Crippen molar-refractivity contribution in [3.05, 3.63) is 0 Å². The van der Waals surface area contributed by atoms with Gasteiger partial charge in [-0.05, 0) is 0 Å². The Kier molecular flexibility index (Phi) is 14.0. The van der Waals surface area contributed by atoms with Gasteiger partial charge < -0.3 is 0 Å². The van der Waals surface area contributed by atoms with Gasteiger partial charge in [-0.25, -0.2) is 0 Å². The SMILES string of the molecule is CCCCCCC([Se]CCC)[Se]CCC. The quantitative estimate of drug-likeness (QED) is 0.375. The van der Waals surface area contributed by atoms with Crippen molar-refractivity contribution in [2.45, 2.75) is 80.1 Å². The zero-order valence-electron chi connectivity index (χ0n) is 10.8. The van der Waals surface area contributed by atoms with E-state index in [1.165, 1.54) is 52.9 Å². The van der Waals surface area contributed by atoms with Crippen LogP contribution in [0.3, 0.4) is 0 Å². The molecule has 15 heavy (non-hydrogen) atoms. The molecule has 92 valence electrons. The summed E-state index contributed by atoms with van der Waals surface area (Å²) >= 11 is 1.94. The Labute approximate surface area is 110 Å². The van der Waals surface area contributed by atoms with E-state index in [0.29, 0.717) is 0 Å². The molecule has 0 saturated heterocycles. The molecule has 0 aromatic rings. The average Bonchev–Trinajstić information content (AvgIpc) is 2.27. The Morgan fingerprint density at radius 3 is 1.80 bits per heavy atom. The van der Waals surface area contributed by atoms with Gasteiger partial charge in [0.25, 0.3) is 0 Å². The van der Waals surface area contributed by atoms with Crippen LogP contribution in [0.15, 0.2) is 0 Å². The fourth-order valence-corrected chi connectivity index (χ4v) is 8.29. The molecule has 0 aliphatic carbocycles. The van der Waals surface area contributed by atoms with Crippen molar-refractivity contribution in [3.63, 3.8) is 0 Å².